The van der Waals surface area contributed by atoms with Crippen molar-refractivity contribution in [1.29, 1.82) is 0 Å². The molecule has 6 fully saturated rings. The van der Waals surface area contributed by atoms with Gasteiger partial charge < -0.3 is 14.4 Å². The number of benzene rings is 7. The van der Waals surface area contributed by atoms with E-state index in [1.54, 1.807) is 69.4 Å². The lowest BCUT2D eigenvalue weighted by Gasteiger charge is -2.39. The number of aromatic nitrogens is 9. The molecule has 31 nitrogen and oxygen atoms in total. The number of piperidine rings is 1. The van der Waals surface area contributed by atoms with Crippen LogP contribution in [0.15, 0.2) is 115 Å². The van der Waals surface area contributed by atoms with Crippen LogP contribution >= 0.6 is 58.0 Å². The van der Waals surface area contributed by atoms with Crippen LogP contribution in [0.5, 0.6) is 11.5 Å². The zero-order valence-electron chi connectivity index (χ0n) is 74.9. The summed E-state index contributed by atoms with van der Waals surface area (Å²) in [7, 11) is -15.3. The molecule has 7 aromatic carbocycles. The highest BCUT2D eigenvalue weighted by atomic mass is 35.5. The number of likely N-dealkylation sites (tertiary alicyclic amines) is 3. The fourth-order valence-corrected chi connectivity index (χ4v) is 21.8. The van der Waals surface area contributed by atoms with E-state index in [9.17, 15) is 96.8 Å². The first kappa shape index (κ1) is 103. The number of fused-ring (bicyclic) bond motifs is 4. The number of hydrogen-bond donors (Lipinski definition) is 4. The molecule has 9 heterocycles. The van der Waals surface area contributed by atoms with Crippen LogP contribution in [0.25, 0.3) is 43.6 Å². The van der Waals surface area contributed by atoms with E-state index in [2.05, 4.69) is 51.6 Å². The number of sulfonamides is 4. The van der Waals surface area contributed by atoms with Gasteiger partial charge in [0, 0.05) is 137 Å². The number of amides is 4. The first-order valence-corrected chi connectivity index (χ1v) is 51.8. The number of anilines is 1. The van der Waals surface area contributed by atoms with Crippen molar-refractivity contribution in [2.75, 3.05) is 69.8 Å². The van der Waals surface area contributed by atoms with Gasteiger partial charge in [-0.05, 0) is 194 Å². The average molecular weight is 2120 g/mol. The quantitative estimate of drug-likeness (QED) is 0.0432. The van der Waals surface area contributed by atoms with Gasteiger partial charge in [-0.2, -0.15) is 20.4 Å². The third-order valence-corrected chi connectivity index (χ3v) is 30.2. The number of nitrogens with zero attached hydrogens (tertiary/aromatic N) is 13. The molecule has 742 valence electrons. The molecular formula is C89H88Cl5F10N17O14S4. The molecule has 4 saturated heterocycles. The molecule has 2 aliphatic carbocycles. The Morgan fingerprint density at radius 2 is 0.741 bits per heavy atom. The molecule has 2 saturated carbocycles. The number of alkyl halides is 6. The minimum atomic E-state index is -4.83. The number of pyridine rings is 1. The average Bonchev–Trinajstić information content (AvgIpc) is 1.61. The Bertz CT molecular complexity index is 7380. The number of nitrogens with one attached hydrogen (secondary N) is 4. The van der Waals surface area contributed by atoms with Crippen molar-refractivity contribution >= 4 is 171 Å². The number of carbonyl (C=O) groups is 4. The van der Waals surface area contributed by atoms with Crippen molar-refractivity contribution in [2.24, 2.45) is 0 Å². The molecule has 4 aliphatic heterocycles. The molecule has 5 aromatic heterocycles. The van der Waals surface area contributed by atoms with Gasteiger partial charge in [0.1, 0.15) is 40.6 Å². The molecule has 4 N–H and O–H groups in total. The SMILES string of the molecule is Cc1nc(N2CCC(n3nc(C)c4cc(C(=O)NS(=O)(=O)C5CC5)c(F)cc43)CC2)ccc1Cl.Cc1nn(C2CN(Cc3cc(Cl)cc(OC(F)(F)F)c3)C2)c2cc(F)c(C(=O)NS(=O)(=O)C3CC3)cc12.Cc1nn(C2CN(Cc3cc(Cl)cc(OC(F)(F)F)c3)C2)c2cc(F)c(C(=O)NS(C)(=O)=O)cc12.Cc1nn([C@@H]2CCN([C@H](C)c3cc(Cl)cc(Cl)c3)C2)c2cc(F)c(C(=O)NS(C)(=O)=O)cc12. The first-order chi connectivity index (χ1) is 65.0. The zero-order valence-corrected chi connectivity index (χ0v) is 81.9. The third-order valence-electron chi connectivity index (χ3n) is 24.2. The van der Waals surface area contributed by atoms with E-state index in [0.717, 1.165) is 92.7 Å². The largest absolute Gasteiger partial charge is 0.573 e. The van der Waals surface area contributed by atoms with Crippen LogP contribution in [0.1, 0.15) is 169 Å². The van der Waals surface area contributed by atoms with Crippen LogP contribution in [0.4, 0.5) is 49.7 Å². The standard InChI is InChI=1S/C23H21ClF4N4O4S.C23H25ClFN5O3S.C22H23Cl2FN4O3S.C21H19ClF4N4O4S/c1-12-18-7-19(22(33)30-37(34,35)17-2-3-17)20(25)8-21(18)32(29-12)15-10-31(11-15)9-13-4-14(24)6-16(5-13)36-23(26,27)28;1-13-17-11-18(23(31)28-34(32,33)16-3-4-16)20(25)12-21(17)30(27-13)15-7-9-29(10-8-15)22-6-5-19(24)14(2)26-22;1-12-18-9-19(22(30)27-33(3,31)32)20(25)10-21(18)29(26-12)17-4-5-28(11-17)13(2)14-6-15(23)8-16(24)7-14;1-11-16-6-17(20(31)28-35(2,32)33)18(23)7-19(16)30(27-11)14-9-29(10-14)8-12-3-13(22)5-15(4-12)34-21(24,25)26/h4-8,15,17H,2-3,9-11H2,1H3,(H,30,33);5-6,11-12,15-16H,3-4,7-10H2,1-2H3,(H,28,31);6-10,13,17H,4-5,11H2,1-3H3,(H,27,30);3-7,14H,8-10H2,1-2H3,(H,28,31)/t;;13-,17-;/m..1./s1. The van der Waals surface area contributed by atoms with Crippen molar-refractivity contribution in [2.45, 2.75) is 153 Å². The minimum absolute atomic E-state index is 0.00778. The maximum atomic E-state index is 14.9. The second-order valence-electron chi connectivity index (χ2n) is 34.9. The molecule has 139 heavy (non-hydrogen) atoms. The van der Waals surface area contributed by atoms with E-state index >= 15 is 0 Å². The molecular weight excluding hydrogens is 2030 g/mol. The number of hydrogen-bond acceptors (Lipinski definition) is 23. The molecule has 0 radical (unpaired) electrons. The topological polar surface area (TPSA) is 369 Å². The molecule has 4 amide bonds. The van der Waals surface area contributed by atoms with E-state index in [4.69, 9.17) is 58.0 Å². The summed E-state index contributed by atoms with van der Waals surface area (Å²) < 4.78 is 251. The zero-order chi connectivity index (χ0) is 101. The van der Waals surface area contributed by atoms with Gasteiger partial charge in [-0.3, -0.25) is 52.6 Å². The van der Waals surface area contributed by atoms with Crippen LogP contribution in [-0.2, 0) is 53.2 Å². The molecule has 6 aliphatic rings. The lowest BCUT2D eigenvalue weighted by Crippen LogP contribution is -2.47. The fraction of sp³-hybridized carbons (Fsp3) is 0.382. The Balaban J connectivity index is 0.000000140. The third kappa shape index (κ3) is 24.5. The second-order valence-corrected chi connectivity index (χ2v) is 44.5. The van der Waals surface area contributed by atoms with E-state index < -0.39 is 127 Å². The van der Waals surface area contributed by atoms with Gasteiger partial charge in [0.2, 0.25) is 40.1 Å². The summed E-state index contributed by atoms with van der Waals surface area (Å²) in [5.41, 5.74) is 5.83. The van der Waals surface area contributed by atoms with Crippen molar-refractivity contribution in [3.63, 3.8) is 0 Å². The van der Waals surface area contributed by atoms with Crippen molar-refractivity contribution in [3.8, 4) is 11.5 Å². The van der Waals surface area contributed by atoms with Crippen LogP contribution in [0.2, 0.25) is 25.1 Å². The Morgan fingerprint density at radius 1 is 0.410 bits per heavy atom. The smallest absolute Gasteiger partial charge is 0.406 e. The van der Waals surface area contributed by atoms with Gasteiger partial charge in [0.15, 0.2) is 0 Å². The van der Waals surface area contributed by atoms with Gasteiger partial charge in [0.05, 0.1) is 125 Å². The Morgan fingerprint density at radius 3 is 1.08 bits per heavy atom. The summed E-state index contributed by atoms with van der Waals surface area (Å²) in [5.74, 6) is -7.33. The lowest BCUT2D eigenvalue weighted by molar-refractivity contribution is -0.275. The highest BCUT2D eigenvalue weighted by molar-refractivity contribution is 7.91. The second kappa shape index (κ2) is 40.0. The maximum Gasteiger partial charge on any atom is 0.573 e. The number of halogens is 15. The van der Waals surface area contributed by atoms with Gasteiger partial charge in [0.25, 0.3) is 23.6 Å². The van der Waals surface area contributed by atoms with E-state index in [1.165, 1.54) is 48.5 Å². The monoisotopic (exact) mass is 2110 g/mol. The van der Waals surface area contributed by atoms with Crippen LogP contribution in [0, 0.1) is 57.9 Å². The summed E-state index contributed by atoms with van der Waals surface area (Å²) in [4.78, 5) is 62.3. The summed E-state index contributed by atoms with van der Waals surface area (Å²) in [6.45, 7) is 16.5. The van der Waals surface area contributed by atoms with E-state index in [0.29, 0.717) is 164 Å². The van der Waals surface area contributed by atoms with Crippen molar-refractivity contribution in [1.82, 2.24) is 77.7 Å². The Hall–Kier alpha value is -10.7. The van der Waals surface area contributed by atoms with Crippen LogP contribution in [0.3, 0.4) is 0 Å². The fourth-order valence-electron chi connectivity index (χ4n) is 17.2. The lowest BCUT2D eigenvalue weighted by atomic mass is 10.0. The Labute approximate surface area is 814 Å². The highest BCUT2D eigenvalue weighted by Crippen LogP contribution is 2.41. The van der Waals surface area contributed by atoms with Crippen molar-refractivity contribution in [3.05, 3.63) is 231 Å². The first-order valence-electron chi connectivity index (χ1n) is 43.1. The van der Waals surface area contributed by atoms with E-state index in [1.807, 2.05) is 55.1 Å². The molecule has 12 aromatic rings. The van der Waals surface area contributed by atoms with E-state index in [-0.39, 0.29) is 56.9 Å². The van der Waals surface area contributed by atoms with Gasteiger partial charge in [-0.1, -0.05) is 58.0 Å². The molecule has 2 atom stereocenters. The maximum absolute atomic E-state index is 14.9. The summed E-state index contributed by atoms with van der Waals surface area (Å²) in [6, 6.07) is 27.0. The van der Waals surface area contributed by atoms with Gasteiger partial charge >= 0.3 is 12.7 Å². The molecule has 0 bridgehead atoms. The summed E-state index contributed by atoms with van der Waals surface area (Å²) in [6.07, 6.45) is -3.66. The number of aryl methyl sites for hydroxylation is 5. The van der Waals surface area contributed by atoms with Crippen LogP contribution < -0.4 is 33.3 Å². The van der Waals surface area contributed by atoms with Crippen LogP contribution in [-0.4, -0.2) is 204 Å². The van der Waals surface area contributed by atoms with Gasteiger partial charge in [-0.25, -0.2) is 75.1 Å². The molecule has 0 unspecified atom stereocenters. The minimum Gasteiger partial charge on any atom is -0.406 e. The molecule has 18 rings (SSSR count). The highest BCUT2D eigenvalue weighted by Gasteiger charge is 2.42. The normalized spacial score (nSPS) is 16.9. The Kier molecular flexibility index (Phi) is 29.5. The summed E-state index contributed by atoms with van der Waals surface area (Å²) in [5, 5.41) is 21.3. The van der Waals surface area contributed by atoms with Crippen molar-refractivity contribution < 1.29 is 106 Å². The molecule has 50 heteroatoms. The predicted molar refractivity (Wildman–Crippen MR) is 501 cm³/mol. The number of carbonyl (C=O) groups excluding carboxylic acids is 4. The number of rotatable bonds is 23. The molecule has 0 spiro atoms. The van der Waals surface area contributed by atoms with Gasteiger partial charge in [-0.15, -0.1) is 26.3 Å². The number of ether oxygens (including phenoxy) is 2. The summed E-state index contributed by atoms with van der Waals surface area (Å²) >= 11 is 30.3. The predicted octanol–water partition coefficient (Wildman–Crippen LogP) is 16.5.